The van der Waals surface area contributed by atoms with Gasteiger partial charge in [-0.05, 0) is 162 Å². The van der Waals surface area contributed by atoms with Crippen molar-refractivity contribution < 1.29 is 147 Å². The van der Waals surface area contributed by atoms with Crippen LogP contribution in [-0.4, -0.2) is 224 Å². The Hall–Kier alpha value is -6.60. The molecule has 3 fully saturated rings. The van der Waals surface area contributed by atoms with Gasteiger partial charge in [-0.3, -0.25) is 57.9 Å². The quantitative estimate of drug-likeness (QED) is 0.0505. The average molecular weight is 2030 g/mol. The van der Waals surface area contributed by atoms with Crippen LogP contribution in [0.5, 0.6) is 17.2 Å². The number of halogens is 1. The van der Waals surface area contributed by atoms with Crippen molar-refractivity contribution in [1.29, 1.82) is 0 Å². The minimum absolute atomic E-state index is 0. The van der Waals surface area contributed by atoms with Crippen LogP contribution in [-0.2, 0) is 102 Å². The second kappa shape index (κ2) is 28.4. The van der Waals surface area contributed by atoms with Crippen molar-refractivity contribution in [3.8, 4) is 17.2 Å². The predicted molar refractivity (Wildman–Crippen MR) is 389 cm³/mol. The SMILES string of the molecule is CN(C)[C@]1(C)C(O)=C(C(N)=O)C(=O)[C@@]2(O)C(=O)C3=C(O)c4c(O)ccc(I)c4C(C)(C)C3CC21.CN(C)[C@]1(C)C(O)=C(C(N)=O)C(=O)[C@@]2(O)C(=O)C3=C(O)c4c(O)cccc4C(C)(C)C3CC21.CN(C)[C@]1(C)C(O)=C(C(N)=O)C(=O)[C@@]2(O)C(=O)C3=C(O)c4c([c-]ccc4O)C(C)(C)C3CC21.[CH3][Sn]([CH3])[CH3].[W].[W]. The van der Waals surface area contributed by atoms with Crippen molar-refractivity contribution in [3.63, 3.8) is 0 Å². The summed E-state index contributed by atoms with van der Waals surface area (Å²) in [6.45, 7) is 15.7. The zero-order chi connectivity index (χ0) is 78.9. The Morgan fingerprint density at radius 2 is 0.755 bits per heavy atom. The van der Waals surface area contributed by atoms with E-state index in [1.54, 1.807) is 60.5 Å². The molecule has 9 aliphatic rings. The smallest absolute Gasteiger partial charge is 0 e. The summed E-state index contributed by atoms with van der Waals surface area (Å²) >= 11 is 1.55. The number of amides is 3. The summed E-state index contributed by atoms with van der Waals surface area (Å²) in [5, 5.41) is 133. The van der Waals surface area contributed by atoms with Gasteiger partial charge < -0.3 is 78.5 Å². The van der Waals surface area contributed by atoms with Crippen molar-refractivity contribution in [2.45, 2.75) is 146 Å². The average Bonchev–Trinajstić information content (AvgIpc) is 0.696. The van der Waals surface area contributed by atoms with Gasteiger partial charge in [-0.2, -0.15) is 12.1 Å². The fourth-order valence-electron chi connectivity index (χ4n) is 18.0. The van der Waals surface area contributed by atoms with Gasteiger partial charge in [0, 0.05) is 97.8 Å². The molecule has 3 amide bonds. The number of hydrogen-bond donors (Lipinski definition) is 15. The molecule has 0 heterocycles. The topological polar surface area (TPSA) is 484 Å². The first-order valence-corrected chi connectivity index (χ1v) is 43.0. The summed E-state index contributed by atoms with van der Waals surface area (Å²) in [5.41, 5.74) is -0.252. The molecule has 0 bridgehead atoms. The standard InChI is InChI=1S/C24H27IN2O7.C24H28N2O7.C24H27N2O7.3CH3.Sn.2W/c1-22(2)9-8-12-23(3,27(4)5)18(30)15(21(26)33)20(32)24(12,34)19(31)13(9)17(29)14-11(28)7-6-10(25)16(14)22;2*1-22(2)10-7-6-8-12(27)14(10)17(28)15-11(22)9-13-23(3,26(4)5)18(29)16(21(25)32)20(31)24(13,33)19(15)30;;;;;;/h6-7,9,12,28-30,34H,8H2,1-5H3,(H2,26,33);6-8,11,13,27-29,33H,9H2,1-5H3,(H2,25,32);6,8,11,13,27-29,33H,9H2,1-5H3,(H2,25,32);3*1H3;;;/q;;-1;;;;;;/t9?,12?,23-,24-;2*11?,13?,23-,24-;;;;;;/m000....../s1. The van der Waals surface area contributed by atoms with E-state index >= 15 is 0 Å². The molecule has 12 rings (SSSR count). The molecule has 9 aliphatic carbocycles. The maximum absolute atomic E-state index is 14.0. The van der Waals surface area contributed by atoms with Gasteiger partial charge in [0.05, 0.1) is 33.5 Å². The molecule has 0 aromatic heterocycles. The first-order valence-electron chi connectivity index (χ1n) is 33.4. The molecule has 3 aromatic rings. The summed E-state index contributed by atoms with van der Waals surface area (Å²) in [6, 6.07) is 13.7. The number of aromatic hydroxyl groups is 3. The van der Waals surface area contributed by atoms with E-state index in [4.69, 9.17) is 17.2 Å². The monoisotopic (exact) mass is 2030 g/mol. The Kier molecular flexibility index (Phi) is 23.2. The Labute approximate surface area is 662 Å². The van der Waals surface area contributed by atoms with Crippen molar-refractivity contribution in [3.05, 3.63) is 136 Å². The number of primary amides is 3. The van der Waals surface area contributed by atoms with Crippen molar-refractivity contribution in [1.82, 2.24) is 14.7 Å². The number of ketones is 6. The number of aliphatic hydroxyl groups excluding tert-OH is 6. The zero-order valence-corrected chi connectivity index (χ0v) is 72.8. The minimum atomic E-state index is -2.75. The summed E-state index contributed by atoms with van der Waals surface area (Å²) in [5.74, 6) is -20.5. The van der Waals surface area contributed by atoms with Crippen LogP contribution >= 0.6 is 22.6 Å². The maximum atomic E-state index is 14.0. The number of nitrogens with two attached hydrogens (primary N) is 3. The Morgan fingerprint density at radius 1 is 0.453 bits per heavy atom. The molecule has 0 aliphatic heterocycles. The van der Waals surface area contributed by atoms with E-state index in [0.717, 1.165) is 3.57 Å². The van der Waals surface area contributed by atoms with Crippen molar-refractivity contribution in [2.75, 3.05) is 42.3 Å². The van der Waals surface area contributed by atoms with Gasteiger partial charge in [-0.25, -0.2) is 0 Å². The molecule has 0 saturated heterocycles. The fraction of sp³-hybridized carbons (Fsp3) is 0.480. The first-order chi connectivity index (χ1) is 47.6. The molecule has 3 saturated carbocycles. The number of nitrogens with zero attached hydrogens (tertiary/aromatic N) is 3. The zero-order valence-electron chi connectivity index (χ0n) is 61.9. The van der Waals surface area contributed by atoms with E-state index in [1.165, 1.54) is 59.7 Å². The molecule has 106 heavy (non-hydrogen) atoms. The van der Waals surface area contributed by atoms with Crippen LogP contribution < -0.4 is 17.2 Å². The van der Waals surface area contributed by atoms with Gasteiger partial charge in [-0.1, -0.05) is 53.7 Å². The van der Waals surface area contributed by atoms with E-state index in [0.29, 0.717) is 16.7 Å². The number of carbonyl (C=O) groups excluding carboxylic acids is 9. The second-order valence-electron chi connectivity index (χ2n) is 31.8. The van der Waals surface area contributed by atoms with Crippen LogP contribution in [0.1, 0.15) is 115 Å². The number of rotatable bonds is 6. The number of fused-ring (bicyclic) bond motifs is 9. The third-order valence-electron chi connectivity index (χ3n) is 24.4. The van der Waals surface area contributed by atoms with Crippen LogP contribution in [0.4, 0.5) is 0 Å². The predicted octanol–water partition coefficient (Wildman–Crippen LogP) is 5.04. The van der Waals surface area contributed by atoms with Crippen LogP contribution in [0.3, 0.4) is 0 Å². The van der Waals surface area contributed by atoms with Gasteiger partial charge in [0.2, 0.25) is 34.7 Å². The maximum Gasteiger partial charge on any atom is 0 e. The summed E-state index contributed by atoms with van der Waals surface area (Å²) < 4.78 is 0.767. The van der Waals surface area contributed by atoms with Crippen molar-refractivity contribution in [2.24, 2.45) is 52.7 Å². The number of hydrogen-bond acceptors (Lipinski definition) is 24. The van der Waals surface area contributed by atoms with E-state index in [2.05, 4.69) is 43.5 Å². The molecule has 0 spiro atoms. The summed E-state index contributed by atoms with van der Waals surface area (Å²) in [7, 11) is 9.56. The third kappa shape index (κ3) is 11.7. The van der Waals surface area contributed by atoms with Gasteiger partial charge in [0.25, 0.3) is 17.7 Å². The molecular formula is C75H91IN6O21SnW2-. The molecule has 571 valence electrons. The van der Waals surface area contributed by atoms with E-state index in [1.807, 2.05) is 41.5 Å². The number of benzene rings is 3. The molecule has 3 aromatic carbocycles. The second-order valence-corrected chi connectivity index (χ2v) is 41.5. The van der Waals surface area contributed by atoms with E-state index in [9.17, 15) is 104 Å². The van der Waals surface area contributed by atoms with Crippen LogP contribution in [0.2, 0.25) is 14.8 Å². The largest absolute Gasteiger partial charge is 0 e. The number of Topliss-reactive ketones (excluding diaryl/α,β-unsaturated/α-hetero) is 6. The molecule has 27 nitrogen and oxygen atoms in total. The van der Waals surface area contributed by atoms with E-state index < -0.39 is 209 Å². The number of phenols is 3. The Balaban J connectivity index is 0.000000214. The molecular weight excluding hydrogens is 1930 g/mol. The normalized spacial score (nSPS) is 31.3. The molecule has 12 atom stereocenters. The van der Waals surface area contributed by atoms with E-state index in [-0.39, 0.29) is 112 Å². The number of carbonyl (C=O) groups is 9. The minimum Gasteiger partial charge on any atom is 0 e. The van der Waals surface area contributed by atoms with Crippen LogP contribution in [0, 0.1) is 45.1 Å². The Bertz CT molecular complexity index is 4420. The number of phenolic OH excluding ortho intramolecular Hbond substituents is 3. The van der Waals surface area contributed by atoms with Gasteiger partial charge in [-0.15, -0.1) is 11.6 Å². The molecule has 6 unspecified atom stereocenters. The van der Waals surface area contributed by atoms with Gasteiger partial charge in [0.15, 0.2) is 16.8 Å². The molecule has 18 N–H and O–H groups in total. The first kappa shape index (κ1) is 86.6. The number of aliphatic hydroxyl groups is 9. The molecule has 1 radical (unpaired) electrons. The van der Waals surface area contributed by atoms with Gasteiger partial charge >= 0.3 is 34.6 Å². The summed E-state index contributed by atoms with van der Waals surface area (Å²) in [6.07, 6.45) is 0.0602. The van der Waals surface area contributed by atoms with Crippen LogP contribution in [0.15, 0.2) is 93.2 Å². The fourth-order valence-corrected chi connectivity index (χ4v) is 19.1. The molecule has 31 heteroatoms. The Morgan fingerprint density at radius 3 is 1.09 bits per heavy atom. The van der Waals surface area contributed by atoms with Crippen LogP contribution in [0.25, 0.3) is 17.3 Å². The third-order valence-corrected chi connectivity index (χ3v) is 25.3. The summed E-state index contributed by atoms with van der Waals surface area (Å²) in [4.78, 5) is 130. The van der Waals surface area contributed by atoms with Crippen molar-refractivity contribution >= 4 is 112 Å². The number of likely N-dealkylation sites (N-methyl/N-ethyl adjacent to an activating group) is 3. The van der Waals surface area contributed by atoms with Gasteiger partial charge in [0.1, 0.15) is 57.0 Å².